The van der Waals surface area contributed by atoms with Crippen molar-refractivity contribution in [1.82, 2.24) is 5.32 Å². The summed E-state index contributed by atoms with van der Waals surface area (Å²) in [6.07, 6.45) is 0. The number of methoxy groups -OCH3 is 2. The predicted octanol–water partition coefficient (Wildman–Crippen LogP) is 3.59. The second kappa shape index (κ2) is 7.94. The number of hydrogen-bond donors (Lipinski definition) is 2. The van der Waals surface area contributed by atoms with Gasteiger partial charge in [-0.3, -0.25) is 10.1 Å². The maximum absolute atomic E-state index is 12.3. The Balaban J connectivity index is 2.06. The number of thiocarbonyl (C=S) groups is 1. The van der Waals surface area contributed by atoms with Crippen molar-refractivity contribution >= 4 is 44.9 Å². The van der Waals surface area contributed by atoms with Gasteiger partial charge in [0.05, 0.1) is 14.2 Å². The maximum Gasteiger partial charge on any atom is 0.257 e. The van der Waals surface area contributed by atoms with E-state index in [1.165, 1.54) is 14.2 Å². The molecule has 0 unspecified atom stereocenters. The third-order valence-electron chi connectivity index (χ3n) is 2.94. The molecule has 2 rings (SSSR count). The largest absolute Gasteiger partial charge is 0.497 e. The normalized spacial score (nSPS) is 9.87. The highest BCUT2D eigenvalue weighted by Gasteiger charge is 2.11. The lowest BCUT2D eigenvalue weighted by atomic mass is 10.2. The van der Waals surface area contributed by atoms with Crippen molar-refractivity contribution in [3.63, 3.8) is 0 Å². The summed E-state index contributed by atoms with van der Waals surface area (Å²) in [6.45, 7) is 0. The van der Waals surface area contributed by atoms with Crippen LogP contribution in [0.25, 0.3) is 0 Å². The van der Waals surface area contributed by atoms with E-state index in [4.69, 9.17) is 21.7 Å². The van der Waals surface area contributed by atoms with E-state index in [0.29, 0.717) is 17.1 Å². The van der Waals surface area contributed by atoms with E-state index >= 15 is 0 Å². The van der Waals surface area contributed by atoms with Gasteiger partial charge in [0, 0.05) is 21.8 Å². The summed E-state index contributed by atoms with van der Waals surface area (Å²) in [7, 11) is 3.05. The lowest BCUT2D eigenvalue weighted by Crippen LogP contribution is -2.34. The highest BCUT2D eigenvalue weighted by molar-refractivity contribution is 9.10. The van der Waals surface area contributed by atoms with Gasteiger partial charge >= 0.3 is 0 Å². The van der Waals surface area contributed by atoms with Crippen molar-refractivity contribution in [3.8, 4) is 11.5 Å². The molecule has 0 saturated carbocycles. The van der Waals surface area contributed by atoms with Crippen molar-refractivity contribution in [1.29, 1.82) is 0 Å². The molecule has 1 amide bonds. The highest BCUT2D eigenvalue weighted by atomic mass is 79.9. The van der Waals surface area contributed by atoms with Crippen LogP contribution >= 0.6 is 28.1 Å². The molecular weight excluding hydrogens is 380 g/mol. The number of nitrogens with one attached hydrogen (secondary N) is 2. The first-order valence-electron chi connectivity index (χ1n) is 6.63. The van der Waals surface area contributed by atoms with E-state index in [-0.39, 0.29) is 11.0 Å². The first-order chi connectivity index (χ1) is 11.0. The minimum Gasteiger partial charge on any atom is -0.497 e. The van der Waals surface area contributed by atoms with Gasteiger partial charge in [0.1, 0.15) is 11.5 Å². The number of anilines is 1. The average Bonchev–Trinajstić information content (AvgIpc) is 2.56. The van der Waals surface area contributed by atoms with Crippen LogP contribution in [0.15, 0.2) is 46.9 Å². The monoisotopic (exact) mass is 394 g/mol. The van der Waals surface area contributed by atoms with Crippen LogP contribution in [0.3, 0.4) is 0 Å². The molecule has 0 aliphatic heterocycles. The van der Waals surface area contributed by atoms with Crippen molar-refractivity contribution in [2.45, 2.75) is 0 Å². The van der Waals surface area contributed by atoms with Gasteiger partial charge in [-0.1, -0.05) is 15.9 Å². The average molecular weight is 395 g/mol. The van der Waals surface area contributed by atoms with Gasteiger partial charge in [-0.15, -0.1) is 0 Å². The van der Waals surface area contributed by atoms with Crippen molar-refractivity contribution in [2.24, 2.45) is 0 Å². The molecule has 7 heteroatoms. The number of benzene rings is 2. The summed E-state index contributed by atoms with van der Waals surface area (Å²) in [5.41, 5.74) is 1.17. The van der Waals surface area contributed by atoms with Crippen LogP contribution in [0.5, 0.6) is 11.5 Å². The van der Waals surface area contributed by atoms with E-state index < -0.39 is 0 Å². The summed E-state index contributed by atoms with van der Waals surface area (Å²) < 4.78 is 11.3. The first-order valence-corrected chi connectivity index (χ1v) is 7.83. The third kappa shape index (κ3) is 4.94. The van der Waals surface area contributed by atoms with E-state index in [1.807, 2.05) is 24.3 Å². The van der Waals surface area contributed by atoms with Crippen molar-refractivity contribution < 1.29 is 14.3 Å². The van der Waals surface area contributed by atoms with Crippen LogP contribution in [0.2, 0.25) is 0 Å². The molecule has 2 aromatic carbocycles. The molecule has 0 heterocycles. The SMILES string of the molecule is COc1cc(OC)cc(C(=O)NC(=S)Nc2ccc(Br)cc2)c1. The smallest absolute Gasteiger partial charge is 0.257 e. The van der Waals surface area contributed by atoms with Crippen LogP contribution < -0.4 is 20.1 Å². The summed E-state index contributed by atoms with van der Waals surface area (Å²) in [5.74, 6) is 0.708. The van der Waals surface area contributed by atoms with Crippen molar-refractivity contribution in [3.05, 3.63) is 52.5 Å². The van der Waals surface area contributed by atoms with E-state index in [2.05, 4.69) is 26.6 Å². The molecule has 23 heavy (non-hydrogen) atoms. The summed E-state index contributed by atoms with van der Waals surface area (Å²) in [6, 6.07) is 12.4. The number of ether oxygens (including phenoxy) is 2. The van der Waals surface area contributed by atoms with Crippen LogP contribution in [0.1, 0.15) is 10.4 Å². The number of rotatable bonds is 4. The molecule has 2 aromatic rings. The van der Waals surface area contributed by atoms with Gasteiger partial charge in [-0.25, -0.2) is 0 Å². The zero-order chi connectivity index (χ0) is 16.8. The summed E-state index contributed by atoms with van der Waals surface area (Å²) >= 11 is 8.51. The molecule has 0 saturated heterocycles. The fourth-order valence-electron chi connectivity index (χ4n) is 1.81. The Hall–Kier alpha value is -2.12. The Morgan fingerprint density at radius 3 is 2.13 bits per heavy atom. The quantitative estimate of drug-likeness (QED) is 0.775. The molecule has 5 nitrogen and oxygen atoms in total. The fraction of sp³-hybridized carbons (Fsp3) is 0.125. The number of halogens is 1. The fourth-order valence-corrected chi connectivity index (χ4v) is 2.28. The van der Waals surface area contributed by atoms with E-state index in [1.54, 1.807) is 18.2 Å². The molecule has 0 atom stereocenters. The molecule has 0 aromatic heterocycles. The Bertz CT molecular complexity index is 698. The van der Waals surface area contributed by atoms with Crippen LogP contribution in [-0.2, 0) is 0 Å². The standard InChI is InChI=1S/C16H15BrN2O3S/c1-21-13-7-10(8-14(9-13)22-2)15(20)19-16(23)18-12-5-3-11(17)4-6-12/h3-9H,1-2H3,(H2,18,19,20,23). The van der Waals surface area contributed by atoms with E-state index in [0.717, 1.165) is 10.2 Å². The zero-order valence-electron chi connectivity index (χ0n) is 12.6. The predicted molar refractivity (Wildman–Crippen MR) is 97.4 cm³/mol. The molecule has 0 radical (unpaired) electrons. The molecular formula is C16H15BrN2O3S. The molecule has 0 aliphatic carbocycles. The molecule has 0 bridgehead atoms. The van der Waals surface area contributed by atoms with Crippen LogP contribution in [0.4, 0.5) is 5.69 Å². The molecule has 0 fully saturated rings. The Kier molecular flexibility index (Phi) is 5.95. The van der Waals surface area contributed by atoms with Crippen LogP contribution in [0, 0.1) is 0 Å². The summed E-state index contributed by atoms with van der Waals surface area (Å²) in [5, 5.41) is 5.77. The first kappa shape index (κ1) is 17.2. The van der Waals surface area contributed by atoms with Gasteiger partial charge < -0.3 is 14.8 Å². The van der Waals surface area contributed by atoms with Gasteiger partial charge in [-0.05, 0) is 48.6 Å². The number of amides is 1. The minimum atomic E-state index is -0.350. The molecule has 120 valence electrons. The zero-order valence-corrected chi connectivity index (χ0v) is 15.0. The Morgan fingerprint density at radius 1 is 1.04 bits per heavy atom. The van der Waals surface area contributed by atoms with Gasteiger partial charge in [0.2, 0.25) is 0 Å². The van der Waals surface area contributed by atoms with Crippen molar-refractivity contribution in [2.75, 3.05) is 19.5 Å². The van der Waals surface area contributed by atoms with Gasteiger partial charge in [0.15, 0.2) is 5.11 Å². The van der Waals surface area contributed by atoms with Gasteiger partial charge in [0.25, 0.3) is 5.91 Å². The second-order valence-electron chi connectivity index (χ2n) is 4.52. The second-order valence-corrected chi connectivity index (χ2v) is 5.84. The number of carbonyl (C=O) groups excluding carboxylic acids is 1. The molecule has 2 N–H and O–H groups in total. The lowest BCUT2D eigenvalue weighted by Gasteiger charge is -2.11. The Morgan fingerprint density at radius 2 is 1.61 bits per heavy atom. The Labute approximate surface area is 148 Å². The van der Waals surface area contributed by atoms with Gasteiger partial charge in [-0.2, -0.15) is 0 Å². The number of hydrogen-bond acceptors (Lipinski definition) is 4. The minimum absolute atomic E-state index is 0.208. The van der Waals surface area contributed by atoms with E-state index in [9.17, 15) is 4.79 Å². The summed E-state index contributed by atoms with van der Waals surface area (Å²) in [4.78, 5) is 12.3. The topological polar surface area (TPSA) is 59.6 Å². The molecule has 0 spiro atoms. The highest BCUT2D eigenvalue weighted by Crippen LogP contribution is 2.22. The van der Waals surface area contributed by atoms with Crippen LogP contribution in [-0.4, -0.2) is 25.2 Å². The lowest BCUT2D eigenvalue weighted by molar-refractivity contribution is 0.0977. The number of carbonyl (C=O) groups is 1. The third-order valence-corrected chi connectivity index (χ3v) is 3.68. The molecule has 0 aliphatic rings. The maximum atomic E-state index is 12.3.